The lowest BCUT2D eigenvalue weighted by atomic mass is 10.2. The highest BCUT2D eigenvalue weighted by molar-refractivity contribution is 7.80. The van der Waals surface area contributed by atoms with Gasteiger partial charge in [0, 0.05) is 19.2 Å². The van der Waals surface area contributed by atoms with Gasteiger partial charge in [-0.2, -0.15) is 10.4 Å². The molecule has 0 radical (unpaired) electrons. The molecule has 8 heteroatoms. The lowest BCUT2D eigenvalue weighted by Gasteiger charge is -2.11. The number of aromatic nitrogens is 3. The first-order valence-electron chi connectivity index (χ1n) is 6.49. The molecule has 0 aliphatic rings. The zero-order valence-corrected chi connectivity index (χ0v) is 12.7. The minimum atomic E-state index is 0.331. The van der Waals surface area contributed by atoms with E-state index in [0.29, 0.717) is 29.5 Å². The number of ether oxygens (including phenoxy) is 1. The summed E-state index contributed by atoms with van der Waals surface area (Å²) in [7, 11) is 1.61. The topological polar surface area (TPSA) is 95.8 Å². The highest BCUT2D eigenvalue weighted by Crippen LogP contribution is 2.14. The number of methoxy groups -OCH3 is 1. The Kier molecular flexibility index (Phi) is 5.57. The van der Waals surface area contributed by atoms with Crippen LogP contribution >= 0.6 is 12.2 Å². The minimum absolute atomic E-state index is 0.331. The fourth-order valence-electron chi connectivity index (χ4n) is 1.76. The predicted molar refractivity (Wildman–Crippen MR) is 85.5 cm³/mol. The van der Waals surface area contributed by atoms with Crippen LogP contribution in [0.2, 0.25) is 0 Å². The van der Waals surface area contributed by atoms with E-state index in [4.69, 9.17) is 22.2 Å². The first-order valence-corrected chi connectivity index (χ1v) is 6.90. The molecule has 0 aliphatic heterocycles. The first-order chi connectivity index (χ1) is 10.7. The molecule has 2 N–H and O–H groups in total. The Hall–Kier alpha value is -2.79. The van der Waals surface area contributed by atoms with Crippen molar-refractivity contribution in [2.24, 2.45) is 0 Å². The highest BCUT2D eigenvalue weighted by Gasteiger charge is 2.06. The predicted octanol–water partition coefficient (Wildman–Crippen LogP) is 1.28. The molecule has 0 amide bonds. The summed E-state index contributed by atoms with van der Waals surface area (Å²) in [6, 6.07) is 7.26. The van der Waals surface area contributed by atoms with Gasteiger partial charge < -0.3 is 15.4 Å². The summed E-state index contributed by atoms with van der Waals surface area (Å²) in [4.78, 5) is 4.26. The number of nitrogens with one attached hydrogen (secondary N) is 2. The van der Waals surface area contributed by atoms with Crippen LogP contribution in [0.4, 0.5) is 5.82 Å². The van der Waals surface area contributed by atoms with Crippen LogP contribution in [0, 0.1) is 11.3 Å². The number of rotatable bonds is 5. The van der Waals surface area contributed by atoms with Crippen molar-refractivity contribution >= 4 is 23.1 Å². The van der Waals surface area contributed by atoms with Crippen LogP contribution in [0.25, 0.3) is 0 Å². The van der Waals surface area contributed by atoms with Crippen molar-refractivity contribution in [1.82, 2.24) is 20.5 Å². The number of nitriles is 1. The monoisotopic (exact) mass is 314 g/mol. The number of thiocarbonyl (C=S) groups is 1. The average molecular weight is 314 g/mol. The van der Waals surface area contributed by atoms with Crippen molar-refractivity contribution in [2.75, 3.05) is 19.0 Å². The molecule has 0 aromatic carbocycles. The van der Waals surface area contributed by atoms with Crippen molar-refractivity contribution in [3.8, 4) is 11.8 Å². The van der Waals surface area contributed by atoms with E-state index in [9.17, 15) is 0 Å². The summed E-state index contributed by atoms with van der Waals surface area (Å²) in [6.45, 7) is 0.571. The van der Waals surface area contributed by atoms with Gasteiger partial charge in [-0.25, -0.2) is 0 Å². The molecule has 2 rings (SSSR count). The molecule has 2 aromatic heterocycles. The molecule has 0 aliphatic carbocycles. The quantitative estimate of drug-likeness (QED) is 0.797. The molecule has 0 bridgehead atoms. The van der Waals surface area contributed by atoms with Gasteiger partial charge in [0.05, 0.1) is 24.6 Å². The third kappa shape index (κ3) is 4.10. The molecule has 0 unspecified atom stereocenters. The van der Waals surface area contributed by atoms with Gasteiger partial charge in [-0.3, -0.25) is 4.98 Å². The van der Waals surface area contributed by atoms with Gasteiger partial charge in [0.1, 0.15) is 11.8 Å². The Morgan fingerprint density at radius 2 is 2.27 bits per heavy atom. The van der Waals surface area contributed by atoms with E-state index in [2.05, 4.69) is 25.8 Å². The third-order valence-electron chi connectivity index (χ3n) is 2.79. The van der Waals surface area contributed by atoms with E-state index >= 15 is 0 Å². The normalized spacial score (nSPS) is 9.64. The molecule has 0 atom stereocenters. The standard InChI is InChI=1S/C14H14N6OS/c1-21-12-3-2-6-16-11(12)5-7-17-14(22)19-13-10(9-15)4-8-18-20-13/h2-4,6,8H,5,7H2,1H3,(H2,17,19,20,22). The van der Waals surface area contributed by atoms with Gasteiger partial charge in [0.25, 0.3) is 0 Å². The van der Waals surface area contributed by atoms with Crippen molar-refractivity contribution in [1.29, 1.82) is 5.26 Å². The van der Waals surface area contributed by atoms with Crippen LogP contribution < -0.4 is 15.4 Å². The second kappa shape index (κ2) is 7.85. The molecule has 0 saturated carbocycles. The Balaban J connectivity index is 1.87. The van der Waals surface area contributed by atoms with Crippen LogP contribution in [0.1, 0.15) is 11.3 Å². The second-order valence-corrected chi connectivity index (χ2v) is 4.60. The van der Waals surface area contributed by atoms with Crippen LogP contribution in [-0.2, 0) is 6.42 Å². The zero-order chi connectivity index (χ0) is 15.8. The molecule has 22 heavy (non-hydrogen) atoms. The Labute approximate surface area is 133 Å². The molecule has 2 aromatic rings. The summed E-state index contributed by atoms with van der Waals surface area (Å²) < 4.78 is 5.24. The SMILES string of the molecule is COc1cccnc1CCNC(=S)Nc1nnccc1C#N. The highest BCUT2D eigenvalue weighted by atomic mass is 32.1. The molecular weight excluding hydrogens is 300 g/mol. The Morgan fingerprint density at radius 3 is 3.05 bits per heavy atom. The number of hydrogen-bond donors (Lipinski definition) is 2. The van der Waals surface area contributed by atoms with Gasteiger partial charge in [-0.15, -0.1) is 5.10 Å². The summed E-state index contributed by atoms with van der Waals surface area (Å²) in [6.07, 6.45) is 3.82. The second-order valence-electron chi connectivity index (χ2n) is 4.19. The summed E-state index contributed by atoms with van der Waals surface area (Å²) >= 11 is 5.17. The fraction of sp³-hybridized carbons (Fsp3) is 0.214. The molecule has 112 valence electrons. The molecule has 0 saturated heterocycles. The number of hydrogen-bond acceptors (Lipinski definition) is 6. The fourth-order valence-corrected chi connectivity index (χ4v) is 1.96. The van der Waals surface area contributed by atoms with Gasteiger partial charge in [0.15, 0.2) is 10.9 Å². The summed E-state index contributed by atoms with van der Waals surface area (Å²) in [5.41, 5.74) is 1.23. The van der Waals surface area contributed by atoms with E-state index in [-0.39, 0.29) is 0 Å². The van der Waals surface area contributed by atoms with Crippen LogP contribution in [0.15, 0.2) is 30.6 Å². The summed E-state index contributed by atoms with van der Waals surface area (Å²) in [5, 5.41) is 22.8. The maximum atomic E-state index is 8.97. The molecule has 7 nitrogen and oxygen atoms in total. The van der Waals surface area contributed by atoms with Crippen LogP contribution in [0.3, 0.4) is 0 Å². The maximum absolute atomic E-state index is 8.97. The molecule has 2 heterocycles. The smallest absolute Gasteiger partial charge is 0.172 e. The number of nitrogens with zero attached hydrogens (tertiary/aromatic N) is 4. The lowest BCUT2D eigenvalue weighted by molar-refractivity contribution is 0.406. The third-order valence-corrected chi connectivity index (χ3v) is 3.04. The van der Waals surface area contributed by atoms with E-state index in [1.165, 1.54) is 6.20 Å². The van der Waals surface area contributed by atoms with E-state index in [1.54, 1.807) is 19.4 Å². The van der Waals surface area contributed by atoms with Crippen molar-refractivity contribution < 1.29 is 4.74 Å². The maximum Gasteiger partial charge on any atom is 0.172 e. The Bertz CT molecular complexity index is 700. The van der Waals surface area contributed by atoms with E-state index in [1.807, 2.05) is 18.2 Å². The van der Waals surface area contributed by atoms with Crippen molar-refractivity contribution in [3.05, 3.63) is 41.9 Å². The van der Waals surface area contributed by atoms with Gasteiger partial charge >= 0.3 is 0 Å². The first kappa shape index (κ1) is 15.6. The largest absolute Gasteiger partial charge is 0.495 e. The van der Waals surface area contributed by atoms with Crippen molar-refractivity contribution in [2.45, 2.75) is 6.42 Å². The number of anilines is 1. The van der Waals surface area contributed by atoms with Gasteiger partial charge in [0.2, 0.25) is 0 Å². The minimum Gasteiger partial charge on any atom is -0.495 e. The number of pyridine rings is 1. The van der Waals surface area contributed by atoms with Gasteiger partial charge in [-0.1, -0.05) is 0 Å². The van der Waals surface area contributed by atoms with E-state index in [0.717, 1.165) is 11.4 Å². The lowest BCUT2D eigenvalue weighted by Crippen LogP contribution is -2.31. The molecule has 0 fully saturated rings. The van der Waals surface area contributed by atoms with Crippen molar-refractivity contribution in [3.63, 3.8) is 0 Å². The van der Waals surface area contributed by atoms with Gasteiger partial charge in [-0.05, 0) is 30.4 Å². The van der Waals surface area contributed by atoms with E-state index < -0.39 is 0 Å². The summed E-state index contributed by atoms with van der Waals surface area (Å²) in [5.74, 6) is 1.07. The van der Waals surface area contributed by atoms with Crippen LogP contribution in [0.5, 0.6) is 5.75 Å². The average Bonchev–Trinajstić information content (AvgIpc) is 2.55. The Morgan fingerprint density at radius 1 is 1.41 bits per heavy atom. The zero-order valence-electron chi connectivity index (χ0n) is 11.9. The van der Waals surface area contributed by atoms with Crippen LogP contribution in [-0.4, -0.2) is 33.9 Å². The molecule has 0 spiro atoms. The molecular formula is C14H14N6OS.